The molecule has 0 atom stereocenters. The molecule has 0 aromatic heterocycles. The van der Waals surface area contributed by atoms with Crippen molar-refractivity contribution in [1.29, 1.82) is 0 Å². The van der Waals surface area contributed by atoms with Gasteiger partial charge in [0, 0.05) is 24.7 Å². The minimum atomic E-state index is -3.56. The number of ether oxygens (including phenoxy) is 1. The molecule has 3 rings (SSSR count). The van der Waals surface area contributed by atoms with E-state index in [4.69, 9.17) is 4.74 Å². The summed E-state index contributed by atoms with van der Waals surface area (Å²) < 4.78 is 31.2. The molecule has 9 heteroatoms. The van der Waals surface area contributed by atoms with Gasteiger partial charge in [-0.2, -0.15) is 4.31 Å². The van der Waals surface area contributed by atoms with Crippen molar-refractivity contribution in [3.05, 3.63) is 53.6 Å². The Morgan fingerprint density at radius 3 is 2.25 bits per heavy atom. The van der Waals surface area contributed by atoms with Gasteiger partial charge in [0.1, 0.15) is 17.1 Å². The van der Waals surface area contributed by atoms with Crippen LogP contribution in [0, 0.1) is 0 Å². The number of nitrogens with zero attached hydrogens (tertiary/aromatic N) is 1. The summed E-state index contributed by atoms with van der Waals surface area (Å²) in [4.78, 5) is 24.2. The molecule has 0 saturated carbocycles. The molecule has 2 aromatic rings. The SMILES string of the molecule is O=C(COC(=O)c1ccc(O)cc1O)c1ccc(S(=O)(=O)N2CCCC2)cc1. The summed E-state index contributed by atoms with van der Waals surface area (Å²) in [7, 11) is -3.56. The third-order valence-corrected chi connectivity index (χ3v) is 6.33. The Balaban J connectivity index is 1.64. The zero-order valence-electron chi connectivity index (χ0n) is 14.9. The summed E-state index contributed by atoms with van der Waals surface area (Å²) >= 11 is 0. The number of phenols is 2. The van der Waals surface area contributed by atoms with Crippen molar-refractivity contribution in [2.24, 2.45) is 0 Å². The lowest BCUT2D eigenvalue weighted by Crippen LogP contribution is -2.27. The highest BCUT2D eigenvalue weighted by Gasteiger charge is 2.27. The number of sulfonamides is 1. The van der Waals surface area contributed by atoms with Crippen molar-refractivity contribution < 1.29 is 33.0 Å². The van der Waals surface area contributed by atoms with Gasteiger partial charge in [-0.1, -0.05) is 0 Å². The van der Waals surface area contributed by atoms with Crippen molar-refractivity contribution >= 4 is 21.8 Å². The largest absolute Gasteiger partial charge is 0.508 e. The molecule has 1 saturated heterocycles. The summed E-state index contributed by atoms with van der Waals surface area (Å²) in [5, 5.41) is 18.9. The Hall–Kier alpha value is -2.91. The van der Waals surface area contributed by atoms with Gasteiger partial charge in [-0.05, 0) is 49.2 Å². The second-order valence-corrected chi connectivity index (χ2v) is 8.27. The highest BCUT2D eigenvalue weighted by atomic mass is 32.2. The number of carbonyl (C=O) groups excluding carboxylic acids is 2. The summed E-state index contributed by atoms with van der Waals surface area (Å²) in [6, 6.07) is 8.82. The molecule has 2 aromatic carbocycles. The molecule has 148 valence electrons. The zero-order valence-corrected chi connectivity index (χ0v) is 15.7. The fourth-order valence-electron chi connectivity index (χ4n) is 2.88. The fourth-order valence-corrected chi connectivity index (χ4v) is 4.39. The van der Waals surface area contributed by atoms with E-state index in [0.717, 1.165) is 18.9 Å². The Labute approximate surface area is 162 Å². The Bertz CT molecular complexity index is 993. The van der Waals surface area contributed by atoms with Gasteiger partial charge in [0.05, 0.1) is 4.90 Å². The van der Waals surface area contributed by atoms with Crippen LogP contribution in [0.5, 0.6) is 11.5 Å². The van der Waals surface area contributed by atoms with Crippen LogP contribution in [0.25, 0.3) is 0 Å². The van der Waals surface area contributed by atoms with E-state index in [1.165, 1.54) is 40.7 Å². The average molecular weight is 405 g/mol. The van der Waals surface area contributed by atoms with E-state index in [9.17, 15) is 28.2 Å². The molecule has 1 aliphatic heterocycles. The Morgan fingerprint density at radius 2 is 1.64 bits per heavy atom. The topological polar surface area (TPSA) is 121 Å². The van der Waals surface area contributed by atoms with Crippen LogP contribution in [-0.2, 0) is 14.8 Å². The molecule has 1 aliphatic rings. The van der Waals surface area contributed by atoms with Crippen LogP contribution in [0.1, 0.15) is 33.6 Å². The summed E-state index contributed by atoms with van der Waals surface area (Å²) in [5.74, 6) is -2.11. The number of hydrogen-bond donors (Lipinski definition) is 2. The molecule has 1 heterocycles. The number of hydrogen-bond acceptors (Lipinski definition) is 7. The van der Waals surface area contributed by atoms with Crippen LogP contribution in [0.15, 0.2) is 47.4 Å². The first-order valence-electron chi connectivity index (χ1n) is 8.61. The maximum atomic E-state index is 12.5. The standard InChI is InChI=1S/C19H19NO7S/c21-14-5-8-16(17(22)11-14)19(24)27-12-18(23)13-3-6-15(7-4-13)28(25,26)20-9-1-2-10-20/h3-8,11,21-22H,1-2,9-10,12H2. The van der Waals surface area contributed by atoms with Gasteiger partial charge in [0.25, 0.3) is 0 Å². The second-order valence-electron chi connectivity index (χ2n) is 6.34. The number of ketones is 1. The number of rotatable bonds is 6. The van der Waals surface area contributed by atoms with E-state index in [2.05, 4.69) is 0 Å². The van der Waals surface area contributed by atoms with Crippen molar-refractivity contribution in [2.45, 2.75) is 17.7 Å². The number of aromatic hydroxyl groups is 2. The third kappa shape index (κ3) is 4.15. The number of carbonyl (C=O) groups is 2. The zero-order chi connectivity index (χ0) is 20.3. The summed E-state index contributed by atoms with van der Waals surface area (Å²) in [6.45, 7) is 0.406. The number of Topliss-reactive ketones (excluding diaryl/α,β-unsaturated/α-hetero) is 1. The highest BCUT2D eigenvalue weighted by Crippen LogP contribution is 2.24. The van der Waals surface area contributed by atoms with Crippen molar-refractivity contribution in [2.75, 3.05) is 19.7 Å². The first-order chi connectivity index (χ1) is 13.3. The van der Waals surface area contributed by atoms with Crippen LogP contribution in [0.3, 0.4) is 0 Å². The van der Waals surface area contributed by atoms with Crippen LogP contribution in [-0.4, -0.2) is 54.4 Å². The first kappa shape index (κ1) is 19.8. The molecule has 0 aliphatic carbocycles. The van der Waals surface area contributed by atoms with E-state index >= 15 is 0 Å². The predicted octanol–water partition coefficient (Wildman–Crippen LogP) is 1.92. The monoisotopic (exact) mass is 405 g/mol. The fraction of sp³-hybridized carbons (Fsp3) is 0.263. The van der Waals surface area contributed by atoms with Crippen LogP contribution >= 0.6 is 0 Å². The van der Waals surface area contributed by atoms with E-state index < -0.39 is 34.1 Å². The van der Waals surface area contributed by atoms with Gasteiger partial charge < -0.3 is 14.9 Å². The van der Waals surface area contributed by atoms with Crippen molar-refractivity contribution in [3.63, 3.8) is 0 Å². The van der Waals surface area contributed by atoms with Gasteiger partial charge in [0.2, 0.25) is 10.0 Å². The molecule has 0 radical (unpaired) electrons. The molecular formula is C19H19NO7S. The minimum absolute atomic E-state index is 0.108. The van der Waals surface area contributed by atoms with E-state index in [1.807, 2.05) is 0 Å². The molecule has 1 fully saturated rings. The number of benzene rings is 2. The van der Waals surface area contributed by atoms with Crippen LogP contribution in [0.2, 0.25) is 0 Å². The molecule has 2 N–H and O–H groups in total. The van der Waals surface area contributed by atoms with E-state index in [-0.39, 0.29) is 21.8 Å². The molecule has 0 spiro atoms. The molecule has 0 amide bonds. The summed E-state index contributed by atoms with van der Waals surface area (Å²) in [5.41, 5.74) is 0.0146. The van der Waals surface area contributed by atoms with Gasteiger partial charge in [-0.15, -0.1) is 0 Å². The predicted molar refractivity (Wildman–Crippen MR) is 98.8 cm³/mol. The quantitative estimate of drug-likeness (QED) is 0.556. The van der Waals surface area contributed by atoms with E-state index in [0.29, 0.717) is 13.1 Å². The number of phenolic OH excluding ortho intramolecular Hbond substituents is 2. The lowest BCUT2D eigenvalue weighted by atomic mass is 10.1. The summed E-state index contributed by atoms with van der Waals surface area (Å²) in [6.07, 6.45) is 1.66. The normalized spacial score (nSPS) is 14.7. The van der Waals surface area contributed by atoms with Gasteiger partial charge in [0.15, 0.2) is 12.4 Å². The highest BCUT2D eigenvalue weighted by molar-refractivity contribution is 7.89. The van der Waals surface area contributed by atoms with Crippen molar-refractivity contribution in [3.8, 4) is 11.5 Å². The average Bonchev–Trinajstić information content (AvgIpc) is 3.21. The van der Waals surface area contributed by atoms with Gasteiger partial charge >= 0.3 is 5.97 Å². The lowest BCUT2D eigenvalue weighted by Gasteiger charge is -2.15. The smallest absolute Gasteiger partial charge is 0.342 e. The lowest BCUT2D eigenvalue weighted by molar-refractivity contribution is 0.0471. The first-order valence-corrected chi connectivity index (χ1v) is 10.1. The van der Waals surface area contributed by atoms with Crippen LogP contribution in [0.4, 0.5) is 0 Å². The van der Waals surface area contributed by atoms with Gasteiger partial charge in [-0.3, -0.25) is 4.79 Å². The molecular weight excluding hydrogens is 386 g/mol. The number of esters is 1. The third-order valence-electron chi connectivity index (χ3n) is 4.41. The Kier molecular flexibility index (Phi) is 5.66. The maximum absolute atomic E-state index is 12.5. The molecule has 8 nitrogen and oxygen atoms in total. The molecule has 0 bridgehead atoms. The molecule has 0 unspecified atom stereocenters. The van der Waals surface area contributed by atoms with Gasteiger partial charge in [-0.25, -0.2) is 13.2 Å². The maximum Gasteiger partial charge on any atom is 0.342 e. The second kappa shape index (κ2) is 7.99. The van der Waals surface area contributed by atoms with E-state index in [1.54, 1.807) is 0 Å². The Morgan fingerprint density at radius 1 is 1.00 bits per heavy atom. The molecule has 28 heavy (non-hydrogen) atoms. The van der Waals surface area contributed by atoms with Crippen molar-refractivity contribution in [1.82, 2.24) is 4.31 Å². The minimum Gasteiger partial charge on any atom is -0.508 e. The van der Waals surface area contributed by atoms with Crippen LogP contribution < -0.4 is 0 Å².